The Hall–Kier alpha value is -1.51. The number of rotatable bonds is 3. The van der Waals surface area contributed by atoms with Crippen LogP contribution in [0.15, 0.2) is 5.10 Å². The molecule has 0 aromatic rings. The average Bonchev–Trinajstić information content (AvgIpc) is 2.03. The van der Waals surface area contributed by atoms with Crippen LogP contribution >= 0.6 is 0 Å². The second-order valence-corrected chi connectivity index (χ2v) is 2.27. The quantitative estimate of drug-likeness (QED) is 0.491. The molecule has 0 saturated carbocycles. The van der Waals surface area contributed by atoms with Crippen molar-refractivity contribution in [2.24, 2.45) is 5.10 Å². The van der Waals surface area contributed by atoms with Crippen molar-refractivity contribution in [3.8, 4) is 6.07 Å². The van der Waals surface area contributed by atoms with Crippen LogP contribution in [0.5, 0.6) is 0 Å². The number of nitriles is 1. The van der Waals surface area contributed by atoms with Gasteiger partial charge in [-0.2, -0.15) is 10.4 Å². The maximum Gasteiger partial charge on any atom is 0.279 e. The van der Waals surface area contributed by atoms with E-state index >= 15 is 0 Å². The SMILES string of the molecule is CC(=O)N(C)/N=C(\CC#N)C(F)F. The van der Waals surface area contributed by atoms with Gasteiger partial charge < -0.3 is 0 Å². The van der Waals surface area contributed by atoms with E-state index in [1.54, 1.807) is 6.07 Å². The molecule has 0 fully saturated rings. The van der Waals surface area contributed by atoms with Gasteiger partial charge in [-0.1, -0.05) is 0 Å². The molecule has 4 nitrogen and oxygen atoms in total. The van der Waals surface area contributed by atoms with Gasteiger partial charge >= 0.3 is 0 Å². The van der Waals surface area contributed by atoms with Crippen LogP contribution in [-0.2, 0) is 4.79 Å². The fourth-order valence-electron chi connectivity index (χ4n) is 0.500. The zero-order chi connectivity index (χ0) is 10.4. The topological polar surface area (TPSA) is 56.5 Å². The number of halogens is 2. The number of alkyl halides is 2. The summed E-state index contributed by atoms with van der Waals surface area (Å²) in [4.78, 5) is 10.6. The van der Waals surface area contributed by atoms with Gasteiger partial charge in [0.15, 0.2) is 0 Å². The second-order valence-electron chi connectivity index (χ2n) is 2.27. The number of hydrogen-bond donors (Lipinski definition) is 0. The smallest absolute Gasteiger partial charge is 0.273 e. The predicted molar refractivity (Wildman–Crippen MR) is 42.1 cm³/mol. The molecule has 0 heterocycles. The maximum atomic E-state index is 12.1. The molecule has 1 amide bonds. The molecular formula is C7H9F2N3O. The summed E-state index contributed by atoms with van der Waals surface area (Å²) in [7, 11) is 1.25. The van der Waals surface area contributed by atoms with Crippen LogP contribution in [0.1, 0.15) is 13.3 Å². The minimum absolute atomic E-state index is 0.462. The lowest BCUT2D eigenvalue weighted by Crippen LogP contribution is -2.22. The Morgan fingerprint density at radius 1 is 1.69 bits per heavy atom. The van der Waals surface area contributed by atoms with Gasteiger partial charge in [-0.3, -0.25) is 4.79 Å². The number of amides is 1. The molecule has 0 bridgehead atoms. The van der Waals surface area contributed by atoms with Crippen molar-refractivity contribution in [2.45, 2.75) is 19.8 Å². The molecule has 0 aromatic heterocycles. The lowest BCUT2D eigenvalue weighted by Gasteiger charge is -2.09. The van der Waals surface area contributed by atoms with Gasteiger partial charge in [0.05, 0.1) is 12.5 Å². The van der Waals surface area contributed by atoms with Crippen LogP contribution < -0.4 is 0 Å². The van der Waals surface area contributed by atoms with Gasteiger partial charge in [-0.15, -0.1) is 0 Å². The Balaban J connectivity index is 4.54. The molecule has 72 valence electrons. The van der Waals surface area contributed by atoms with Crippen molar-refractivity contribution < 1.29 is 13.6 Å². The van der Waals surface area contributed by atoms with Gasteiger partial charge in [0.2, 0.25) is 5.91 Å². The monoisotopic (exact) mass is 189 g/mol. The first-order chi connectivity index (χ1) is 5.99. The number of carbonyl (C=O) groups excluding carboxylic acids is 1. The van der Waals surface area contributed by atoms with Gasteiger partial charge in [0, 0.05) is 14.0 Å². The third kappa shape index (κ3) is 4.15. The molecule has 0 aliphatic rings. The number of hydrogen-bond acceptors (Lipinski definition) is 3. The molecular weight excluding hydrogens is 180 g/mol. The van der Waals surface area contributed by atoms with Crippen LogP contribution in [0, 0.1) is 11.3 Å². The van der Waals surface area contributed by atoms with E-state index in [1.165, 1.54) is 14.0 Å². The predicted octanol–water partition coefficient (Wildman–Crippen LogP) is 0.999. The molecule has 6 heteroatoms. The third-order valence-electron chi connectivity index (χ3n) is 1.25. The Morgan fingerprint density at radius 3 is 2.54 bits per heavy atom. The van der Waals surface area contributed by atoms with E-state index in [0.717, 1.165) is 5.01 Å². The van der Waals surface area contributed by atoms with E-state index in [4.69, 9.17) is 5.26 Å². The highest BCUT2D eigenvalue weighted by atomic mass is 19.3. The average molecular weight is 189 g/mol. The first-order valence-electron chi connectivity index (χ1n) is 3.45. The van der Waals surface area contributed by atoms with Crippen molar-refractivity contribution in [3.05, 3.63) is 0 Å². The zero-order valence-electron chi connectivity index (χ0n) is 7.29. The van der Waals surface area contributed by atoms with E-state index in [2.05, 4.69) is 5.10 Å². The minimum atomic E-state index is -2.80. The summed E-state index contributed by atoms with van der Waals surface area (Å²) >= 11 is 0. The third-order valence-corrected chi connectivity index (χ3v) is 1.25. The Kier molecular flexibility index (Phi) is 4.59. The van der Waals surface area contributed by atoms with Crippen LogP contribution in [0.25, 0.3) is 0 Å². The van der Waals surface area contributed by atoms with E-state index < -0.39 is 24.5 Å². The zero-order valence-corrected chi connectivity index (χ0v) is 7.29. The van der Waals surface area contributed by atoms with Crippen molar-refractivity contribution in [1.29, 1.82) is 5.26 Å². The highest BCUT2D eigenvalue weighted by Gasteiger charge is 2.14. The summed E-state index contributed by atoms with van der Waals surface area (Å²) in [6.07, 6.45) is -3.28. The van der Waals surface area contributed by atoms with Gasteiger partial charge in [-0.05, 0) is 0 Å². The first-order valence-corrected chi connectivity index (χ1v) is 3.45. The summed E-state index contributed by atoms with van der Waals surface area (Å²) in [5.74, 6) is -0.462. The molecule has 0 aliphatic carbocycles. The first kappa shape index (κ1) is 11.5. The van der Waals surface area contributed by atoms with Gasteiger partial charge in [-0.25, -0.2) is 13.8 Å². The Bertz CT molecular complexity index is 257. The second kappa shape index (κ2) is 5.19. The lowest BCUT2D eigenvalue weighted by molar-refractivity contribution is -0.127. The van der Waals surface area contributed by atoms with Crippen LogP contribution in [0.4, 0.5) is 8.78 Å². The molecule has 0 aliphatic heterocycles. The van der Waals surface area contributed by atoms with Crippen molar-refractivity contribution in [1.82, 2.24) is 5.01 Å². The van der Waals surface area contributed by atoms with Crippen molar-refractivity contribution in [3.63, 3.8) is 0 Å². The summed E-state index contributed by atoms with van der Waals surface area (Å²) in [5.41, 5.74) is -0.597. The number of hydrazone groups is 1. The molecule has 13 heavy (non-hydrogen) atoms. The summed E-state index contributed by atoms with van der Waals surface area (Å²) in [6.45, 7) is 1.19. The summed E-state index contributed by atoms with van der Waals surface area (Å²) < 4.78 is 24.2. The van der Waals surface area contributed by atoms with Crippen LogP contribution in [-0.4, -0.2) is 30.1 Å². The lowest BCUT2D eigenvalue weighted by atomic mass is 10.3. The fourth-order valence-corrected chi connectivity index (χ4v) is 0.500. The normalized spacial score (nSPS) is 11.2. The van der Waals surface area contributed by atoms with E-state index in [-0.39, 0.29) is 0 Å². The molecule has 0 N–H and O–H groups in total. The van der Waals surface area contributed by atoms with E-state index in [9.17, 15) is 13.6 Å². The summed E-state index contributed by atoms with van der Waals surface area (Å²) in [6, 6.07) is 1.54. The number of nitrogens with zero attached hydrogens (tertiary/aromatic N) is 3. The highest BCUT2D eigenvalue weighted by molar-refractivity contribution is 5.90. The molecule has 0 aromatic carbocycles. The standard InChI is InChI=1S/C7H9F2N3O/c1-5(13)12(2)11-6(3-4-10)7(8)9/h7H,3H2,1-2H3/b11-6+. The van der Waals surface area contributed by atoms with Crippen molar-refractivity contribution in [2.75, 3.05) is 7.05 Å². The number of carbonyl (C=O) groups is 1. The fraction of sp³-hybridized carbons (Fsp3) is 0.571. The highest BCUT2D eigenvalue weighted by Crippen LogP contribution is 2.02. The molecule has 0 atom stereocenters. The molecule has 0 radical (unpaired) electrons. The Morgan fingerprint density at radius 2 is 2.23 bits per heavy atom. The summed E-state index contributed by atoms with van der Waals surface area (Å²) in [5, 5.41) is 12.2. The minimum Gasteiger partial charge on any atom is -0.273 e. The molecule has 0 unspecified atom stereocenters. The maximum absolute atomic E-state index is 12.1. The molecule has 0 spiro atoms. The molecule has 0 rings (SSSR count). The largest absolute Gasteiger partial charge is 0.279 e. The van der Waals surface area contributed by atoms with Crippen molar-refractivity contribution >= 4 is 11.6 Å². The Labute approximate surface area is 74.4 Å². The molecule has 0 saturated heterocycles. The van der Waals surface area contributed by atoms with Gasteiger partial charge in [0.1, 0.15) is 5.71 Å². The van der Waals surface area contributed by atoms with Crippen LogP contribution in [0.2, 0.25) is 0 Å². The van der Waals surface area contributed by atoms with Gasteiger partial charge in [0.25, 0.3) is 6.43 Å². The van der Waals surface area contributed by atoms with E-state index in [0.29, 0.717) is 0 Å². The van der Waals surface area contributed by atoms with E-state index in [1.807, 2.05) is 0 Å². The van der Waals surface area contributed by atoms with Crippen LogP contribution in [0.3, 0.4) is 0 Å².